The minimum Gasteiger partial charge on any atom is -0.405 e. The Morgan fingerprint density at radius 3 is 2.75 bits per heavy atom. The Labute approximate surface area is 114 Å². The van der Waals surface area contributed by atoms with Crippen molar-refractivity contribution in [2.45, 2.75) is 18.3 Å². The molecule has 0 bridgehead atoms. The van der Waals surface area contributed by atoms with Crippen LogP contribution in [-0.4, -0.2) is 31.3 Å². The van der Waals surface area contributed by atoms with E-state index >= 15 is 0 Å². The van der Waals surface area contributed by atoms with E-state index in [0.717, 1.165) is 0 Å². The zero-order chi connectivity index (χ0) is 14.8. The summed E-state index contributed by atoms with van der Waals surface area (Å²) in [4.78, 5) is 0. The van der Waals surface area contributed by atoms with E-state index in [-0.39, 0.29) is 30.4 Å². The molecule has 2 rings (SSSR count). The quantitative estimate of drug-likeness (QED) is 0.891. The van der Waals surface area contributed by atoms with Gasteiger partial charge in [-0.2, -0.15) is 0 Å². The Bertz CT molecular complexity index is 466. The van der Waals surface area contributed by atoms with Gasteiger partial charge in [0.25, 0.3) is 0 Å². The maximum Gasteiger partial charge on any atom is 0.573 e. The highest BCUT2D eigenvalue weighted by Gasteiger charge is 2.43. The van der Waals surface area contributed by atoms with Crippen molar-refractivity contribution in [2.24, 2.45) is 11.7 Å². The first kappa shape index (κ1) is 15.1. The molecule has 7 heteroatoms. The summed E-state index contributed by atoms with van der Waals surface area (Å²) in [6.45, 7) is 0.239. The number of para-hydroxylation sites is 1. The van der Waals surface area contributed by atoms with E-state index in [1.165, 1.54) is 18.2 Å². The van der Waals surface area contributed by atoms with E-state index in [1.54, 1.807) is 6.07 Å². The molecule has 1 aliphatic rings. The fraction of sp³-hybridized carbons (Fsp3) is 0.538. The number of aliphatic hydroxyl groups is 1. The van der Waals surface area contributed by atoms with Gasteiger partial charge in [0, 0.05) is 24.7 Å². The van der Waals surface area contributed by atoms with Gasteiger partial charge in [-0.3, -0.25) is 0 Å². The van der Waals surface area contributed by atoms with Gasteiger partial charge in [0.05, 0.1) is 12.1 Å². The average Bonchev–Trinajstić information content (AvgIpc) is 2.38. The first-order valence-electron chi connectivity index (χ1n) is 6.19. The summed E-state index contributed by atoms with van der Waals surface area (Å²) in [7, 11) is 0. The van der Waals surface area contributed by atoms with Crippen LogP contribution in [0.15, 0.2) is 24.3 Å². The lowest BCUT2D eigenvalue weighted by Crippen LogP contribution is -2.53. The molecular formula is C13H16F3NO3. The van der Waals surface area contributed by atoms with E-state index in [4.69, 9.17) is 10.5 Å². The molecule has 20 heavy (non-hydrogen) atoms. The van der Waals surface area contributed by atoms with Gasteiger partial charge in [0.2, 0.25) is 0 Å². The molecule has 0 saturated carbocycles. The molecule has 2 unspecified atom stereocenters. The van der Waals surface area contributed by atoms with Crippen LogP contribution < -0.4 is 10.5 Å². The number of alkyl halides is 3. The van der Waals surface area contributed by atoms with Gasteiger partial charge in [-0.1, -0.05) is 18.2 Å². The van der Waals surface area contributed by atoms with Crippen LogP contribution in [0.4, 0.5) is 13.2 Å². The highest BCUT2D eigenvalue weighted by Crippen LogP contribution is 2.39. The van der Waals surface area contributed by atoms with Crippen LogP contribution in [0.1, 0.15) is 12.0 Å². The third kappa shape index (κ3) is 3.05. The average molecular weight is 291 g/mol. The molecule has 112 valence electrons. The third-order valence-electron chi connectivity index (χ3n) is 3.51. The molecular weight excluding hydrogens is 275 g/mol. The summed E-state index contributed by atoms with van der Waals surface area (Å²) in [5.41, 5.74) is 5.21. The van der Waals surface area contributed by atoms with Gasteiger partial charge in [-0.25, -0.2) is 0 Å². The number of hydrogen-bond acceptors (Lipinski definition) is 4. The zero-order valence-electron chi connectivity index (χ0n) is 10.7. The van der Waals surface area contributed by atoms with Crippen LogP contribution >= 0.6 is 0 Å². The highest BCUT2D eigenvalue weighted by atomic mass is 19.4. The SMILES string of the molecule is NC1(c2ccccc2OC(F)(F)F)COCCC1CO. The predicted molar refractivity (Wildman–Crippen MR) is 65.0 cm³/mol. The van der Waals surface area contributed by atoms with Gasteiger partial charge < -0.3 is 20.3 Å². The van der Waals surface area contributed by atoms with Crippen molar-refractivity contribution >= 4 is 0 Å². The number of hydrogen-bond donors (Lipinski definition) is 2. The summed E-state index contributed by atoms with van der Waals surface area (Å²) in [6.07, 6.45) is -4.32. The molecule has 1 heterocycles. The second kappa shape index (κ2) is 5.59. The normalized spacial score (nSPS) is 27.4. The van der Waals surface area contributed by atoms with Crippen LogP contribution in [0.2, 0.25) is 0 Å². The first-order chi connectivity index (χ1) is 9.37. The first-order valence-corrected chi connectivity index (χ1v) is 6.19. The number of halogens is 3. The number of benzene rings is 1. The molecule has 3 N–H and O–H groups in total. The van der Waals surface area contributed by atoms with Crippen molar-refractivity contribution in [2.75, 3.05) is 19.8 Å². The van der Waals surface area contributed by atoms with Gasteiger partial charge >= 0.3 is 6.36 Å². The molecule has 2 atom stereocenters. The Morgan fingerprint density at radius 2 is 2.10 bits per heavy atom. The van der Waals surface area contributed by atoms with Crippen LogP contribution in [0, 0.1) is 5.92 Å². The van der Waals surface area contributed by atoms with Crippen molar-refractivity contribution in [3.8, 4) is 5.75 Å². The van der Waals surface area contributed by atoms with E-state index in [9.17, 15) is 18.3 Å². The van der Waals surface area contributed by atoms with Gasteiger partial charge in [-0.05, 0) is 12.5 Å². The molecule has 0 aromatic heterocycles. The van der Waals surface area contributed by atoms with Gasteiger partial charge in [-0.15, -0.1) is 13.2 Å². The molecule has 1 aliphatic heterocycles. The monoisotopic (exact) mass is 291 g/mol. The molecule has 0 spiro atoms. The lowest BCUT2D eigenvalue weighted by molar-refractivity contribution is -0.275. The van der Waals surface area contributed by atoms with E-state index in [2.05, 4.69) is 4.74 Å². The number of aliphatic hydroxyl groups excluding tert-OH is 1. The smallest absolute Gasteiger partial charge is 0.405 e. The van der Waals surface area contributed by atoms with Gasteiger partial charge in [0.15, 0.2) is 0 Å². The topological polar surface area (TPSA) is 64.7 Å². The Kier molecular flexibility index (Phi) is 4.22. The zero-order valence-corrected chi connectivity index (χ0v) is 10.7. The molecule has 1 aromatic rings. The molecule has 0 amide bonds. The summed E-state index contributed by atoms with van der Waals surface area (Å²) >= 11 is 0. The standard InChI is InChI=1S/C13H16F3NO3/c14-13(15,16)20-11-4-2-1-3-10(11)12(17)8-19-6-5-9(12)7-18/h1-4,9,18H,5-8,17H2. The molecule has 4 nitrogen and oxygen atoms in total. The van der Waals surface area contributed by atoms with Crippen molar-refractivity contribution in [3.63, 3.8) is 0 Å². The largest absolute Gasteiger partial charge is 0.573 e. The summed E-state index contributed by atoms with van der Waals surface area (Å²) in [5.74, 6) is -0.735. The molecule has 1 fully saturated rings. The summed E-state index contributed by atoms with van der Waals surface area (Å²) in [6, 6.07) is 5.70. The minimum absolute atomic E-state index is 0.0382. The lowest BCUT2D eigenvalue weighted by Gasteiger charge is -2.41. The second-order valence-electron chi connectivity index (χ2n) is 4.81. The molecule has 0 aliphatic carbocycles. The second-order valence-corrected chi connectivity index (χ2v) is 4.81. The van der Waals surface area contributed by atoms with E-state index in [0.29, 0.717) is 13.0 Å². The van der Waals surface area contributed by atoms with Crippen molar-refractivity contribution in [3.05, 3.63) is 29.8 Å². The van der Waals surface area contributed by atoms with Crippen LogP contribution in [0.5, 0.6) is 5.75 Å². The van der Waals surface area contributed by atoms with Crippen LogP contribution in [0.3, 0.4) is 0 Å². The summed E-state index contributed by atoms with van der Waals surface area (Å²) in [5, 5.41) is 9.41. The van der Waals surface area contributed by atoms with Crippen molar-refractivity contribution < 1.29 is 27.8 Å². The lowest BCUT2D eigenvalue weighted by atomic mass is 9.76. The fourth-order valence-corrected chi connectivity index (χ4v) is 2.46. The fourth-order valence-electron chi connectivity index (χ4n) is 2.46. The predicted octanol–water partition coefficient (Wildman–Crippen LogP) is 1.77. The molecule has 0 radical (unpaired) electrons. The van der Waals surface area contributed by atoms with Gasteiger partial charge in [0.1, 0.15) is 5.75 Å². The Hall–Kier alpha value is -1.31. The van der Waals surface area contributed by atoms with Crippen LogP contribution in [0.25, 0.3) is 0 Å². The third-order valence-corrected chi connectivity index (χ3v) is 3.51. The van der Waals surface area contributed by atoms with Crippen molar-refractivity contribution in [1.82, 2.24) is 0 Å². The molecule has 1 aromatic carbocycles. The molecule has 1 saturated heterocycles. The van der Waals surface area contributed by atoms with E-state index < -0.39 is 11.9 Å². The number of ether oxygens (including phenoxy) is 2. The highest BCUT2D eigenvalue weighted by molar-refractivity contribution is 5.40. The summed E-state index contributed by atoms with van der Waals surface area (Å²) < 4.78 is 46.7. The number of rotatable bonds is 3. The Morgan fingerprint density at radius 1 is 1.40 bits per heavy atom. The maximum absolute atomic E-state index is 12.4. The Balaban J connectivity index is 2.40. The maximum atomic E-state index is 12.4. The van der Waals surface area contributed by atoms with Crippen molar-refractivity contribution in [1.29, 1.82) is 0 Å². The van der Waals surface area contributed by atoms with E-state index in [1.807, 2.05) is 0 Å². The minimum atomic E-state index is -4.79. The number of nitrogens with two attached hydrogens (primary N) is 1. The van der Waals surface area contributed by atoms with Crippen LogP contribution in [-0.2, 0) is 10.3 Å².